The number of rotatable bonds is 5. The summed E-state index contributed by atoms with van der Waals surface area (Å²) in [6.45, 7) is 1.91. The van der Waals surface area contributed by atoms with Gasteiger partial charge in [-0.05, 0) is 36.1 Å². The Balaban J connectivity index is 1.55. The number of nitrogens with zero attached hydrogens (tertiary/aromatic N) is 2. The van der Waals surface area contributed by atoms with E-state index in [4.69, 9.17) is 16.0 Å². The molecule has 0 saturated carbocycles. The van der Waals surface area contributed by atoms with E-state index < -0.39 is 0 Å². The standard InChI is InChI=1S/C15H12ClN3O2S2/c1-9-4-5-10(7-11(9)16)17-13(20)8-23-15-19-18-14(21-15)12-3-2-6-22-12/h2-7H,8H2,1H3,(H,17,20). The molecule has 0 aliphatic carbocycles. The van der Waals surface area contributed by atoms with Crippen LogP contribution < -0.4 is 5.32 Å². The first kappa shape index (κ1) is 16.0. The second-order valence-corrected chi connectivity index (χ2v) is 6.93. The minimum atomic E-state index is -0.161. The van der Waals surface area contributed by atoms with E-state index in [-0.39, 0.29) is 11.7 Å². The number of carbonyl (C=O) groups is 1. The van der Waals surface area contributed by atoms with E-state index in [1.165, 1.54) is 23.1 Å². The Bertz CT molecular complexity index is 818. The zero-order valence-corrected chi connectivity index (χ0v) is 14.5. The first-order valence-electron chi connectivity index (χ1n) is 6.68. The zero-order chi connectivity index (χ0) is 16.2. The first-order valence-corrected chi connectivity index (χ1v) is 8.92. The van der Waals surface area contributed by atoms with Gasteiger partial charge in [0.2, 0.25) is 5.91 Å². The number of halogens is 1. The normalized spacial score (nSPS) is 10.7. The van der Waals surface area contributed by atoms with Gasteiger partial charge in [-0.1, -0.05) is 35.5 Å². The summed E-state index contributed by atoms with van der Waals surface area (Å²) >= 11 is 8.75. The number of carbonyl (C=O) groups excluding carboxylic acids is 1. The van der Waals surface area contributed by atoms with Crippen molar-refractivity contribution in [3.63, 3.8) is 0 Å². The van der Waals surface area contributed by atoms with Gasteiger partial charge in [0.25, 0.3) is 11.1 Å². The molecule has 1 amide bonds. The molecular weight excluding hydrogens is 354 g/mol. The average molecular weight is 366 g/mol. The molecule has 0 fully saturated rings. The zero-order valence-electron chi connectivity index (χ0n) is 12.1. The topological polar surface area (TPSA) is 68.0 Å². The predicted molar refractivity (Wildman–Crippen MR) is 93.2 cm³/mol. The molecule has 23 heavy (non-hydrogen) atoms. The number of nitrogens with one attached hydrogen (secondary N) is 1. The van der Waals surface area contributed by atoms with Gasteiger partial charge in [0.1, 0.15) is 0 Å². The Morgan fingerprint density at radius 2 is 2.26 bits per heavy atom. The van der Waals surface area contributed by atoms with Gasteiger partial charge < -0.3 is 9.73 Å². The molecule has 2 aromatic heterocycles. The van der Waals surface area contributed by atoms with Crippen LogP contribution in [0.3, 0.4) is 0 Å². The van der Waals surface area contributed by atoms with Crippen LogP contribution in [0.2, 0.25) is 5.02 Å². The Hall–Kier alpha value is -1.83. The van der Waals surface area contributed by atoms with Crippen molar-refractivity contribution in [3.8, 4) is 10.8 Å². The quantitative estimate of drug-likeness (QED) is 0.674. The molecule has 118 valence electrons. The molecule has 5 nitrogen and oxygen atoms in total. The molecule has 2 heterocycles. The SMILES string of the molecule is Cc1ccc(NC(=O)CSc2nnc(-c3cccs3)o2)cc1Cl. The van der Waals surface area contributed by atoms with Crippen LogP contribution in [0, 0.1) is 6.92 Å². The summed E-state index contributed by atoms with van der Waals surface area (Å²) in [5.74, 6) is 0.483. The molecular formula is C15H12ClN3O2S2. The van der Waals surface area contributed by atoms with Crippen molar-refractivity contribution in [1.82, 2.24) is 10.2 Å². The van der Waals surface area contributed by atoms with Crippen LogP contribution in [-0.4, -0.2) is 21.9 Å². The van der Waals surface area contributed by atoms with Crippen LogP contribution in [-0.2, 0) is 4.79 Å². The highest BCUT2D eigenvalue weighted by Crippen LogP contribution is 2.26. The van der Waals surface area contributed by atoms with Crippen LogP contribution in [0.1, 0.15) is 5.56 Å². The number of anilines is 1. The molecule has 0 bridgehead atoms. The molecule has 0 radical (unpaired) electrons. The maximum Gasteiger partial charge on any atom is 0.277 e. The van der Waals surface area contributed by atoms with Crippen molar-refractivity contribution in [2.75, 3.05) is 11.1 Å². The van der Waals surface area contributed by atoms with Gasteiger partial charge in [-0.25, -0.2) is 0 Å². The highest BCUT2D eigenvalue weighted by atomic mass is 35.5. The molecule has 8 heteroatoms. The highest BCUT2D eigenvalue weighted by Gasteiger charge is 2.12. The number of amides is 1. The Kier molecular flexibility index (Phi) is 5.00. The number of thioether (sulfide) groups is 1. The van der Waals surface area contributed by atoms with E-state index in [1.54, 1.807) is 6.07 Å². The second-order valence-electron chi connectivity index (χ2n) is 4.65. The fourth-order valence-corrected chi connectivity index (χ4v) is 3.15. The summed E-state index contributed by atoms with van der Waals surface area (Å²) in [5.41, 5.74) is 1.63. The Labute approximate surface area is 146 Å². The van der Waals surface area contributed by atoms with E-state index in [1.807, 2.05) is 36.6 Å². The maximum absolute atomic E-state index is 12.0. The average Bonchev–Trinajstić information content (AvgIpc) is 3.19. The molecule has 0 aliphatic rings. The van der Waals surface area contributed by atoms with Crippen molar-refractivity contribution in [1.29, 1.82) is 0 Å². The fourth-order valence-electron chi connectivity index (χ4n) is 1.76. The van der Waals surface area contributed by atoms with E-state index >= 15 is 0 Å². The van der Waals surface area contributed by atoms with Gasteiger partial charge in [0.05, 0.1) is 10.6 Å². The summed E-state index contributed by atoms with van der Waals surface area (Å²) in [6, 6.07) is 9.21. The molecule has 3 rings (SSSR count). The summed E-state index contributed by atoms with van der Waals surface area (Å²) in [4.78, 5) is 12.9. The Morgan fingerprint density at radius 1 is 1.39 bits per heavy atom. The number of aromatic nitrogens is 2. The van der Waals surface area contributed by atoms with Crippen molar-refractivity contribution in [2.45, 2.75) is 12.1 Å². The fraction of sp³-hybridized carbons (Fsp3) is 0.133. The molecule has 1 aromatic carbocycles. The van der Waals surface area contributed by atoms with E-state index in [9.17, 15) is 4.79 Å². The van der Waals surface area contributed by atoms with Crippen LogP contribution in [0.15, 0.2) is 45.4 Å². The molecule has 0 aliphatic heterocycles. The van der Waals surface area contributed by atoms with E-state index in [0.29, 0.717) is 21.8 Å². The van der Waals surface area contributed by atoms with Crippen molar-refractivity contribution >= 4 is 46.3 Å². The number of benzene rings is 1. The van der Waals surface area contributed by atoms with Gasteiger partial charge in [-0.15, -0.1) is 21.5 Å². The van der Waals surface area contributed by atoms with Crippen LogP contribution in [0.4, 0.5) is 5.69 Å². The number of hydrogen-bond acceptors (Lipinski definition) is 6. The lowest BCUT2D eigenvalue weighted by Gasteiger charge is -2.05. The van der Waals surface area contributed by atoms with E-state index in [0.717, 1.165) is 10.4 Å². The first-order chi connectivity index (χ1) is 11.1. The lowest BCUT2D eigenvalue weighted by Crippen LogP contribution is -2.14. The van der Waals surface area contributed by atoms with E-state index in [2.05, 4.69) is 15.5 Å². The summed E-state index contributed by atoms with van der Waals surface area (Å²) in [6.07, 6.45) is 0. The number of aryl methyl sites for hydroxylation is 1. The third-order valence-corrected chi connectivity index (χ3v) is 5.00. The lowest BCUT2D eigenvalue weighted by molar-refractivity contribution is -0.113. The largest absolute Gasteiger partial charge is 0.410 e. The monoisotopic (exact) mass is 365 g/mol. The van der Waals surface area contributed by atoms with Gasteiger partial charge in [0.15, 0.2) is 0 Å². The second kappa shape index (κ2) is 7.16. The van der Waals surface area contributed by atoms with Gasteiger partial charge in [-0.2, -0.15) is 0 Å². The minimum absolute atomic E-state index is 0.161. The van der Waals surface area contributed by atoms with Crippen LogP contribution in [0.5, 0.6) is 0 Å². The van der Waals surface area contributed by atoms with Crippen LogP contribution >= 0.6 is 34.7 Å². The summed E-state index contributed by atoms with van der Waals surface area (Å²) < 4.78 is 5.51. The maximum atomic E-state index is 12.0. The molecule has 3 aromatic rings. The smallest absolute Gasteiger partial charge is 0.277 e. The summed E-state index contributed by atoms with van der Waals surface area (Å²) in [5, 5.41) is 13.6. The lowest BCUT2D eigenvalue weighted by atomic mass is 10.2. The predicted octanol–water partition coefficient (Wildman–Crippen LogP) is 4.49. The molecule has 1 N–H and O–H groups in total. The molecule has 0 spiro atoms. The van der Waals surface area contributed by atoms with Crippen molar-refractivity contribution in [3.05, 3.63) is 46.3 Å². The third-order valence-electron chi connectivity index (χ3n) is 2.92. The summed E-state index contributed by atoms with van der Waals surface area (Å²) in [7, 11) is 0. The molecule has 0 atom stereocenters. The Morgan fingerprint density at radius 3 is 3.00 bits per heavy atom. The van der Waals surface area contributed by atoms with Crippen molar-refractivity contribution < 1.29 is 9.21 Å². The number of hydrogen-bond donors (Lipinski definition) is 1. The molecule has 0 saturated heterocycles. The van der Waals surface area contributed by atoms with Crippen molar-refractivity contribution in [2.24, 2.45) is 0 Å². The minimum Gasteiger partial charge on any atom is -0.410 e. The third kappa shape index (κ3) is 4.13. The van der Waals surface area contributed by atoms with Gasteiger partial charge >= 0.3 is 0 Å². The van der Waals surface area contributed by atoms with Gasteiger partial charge in [-0.3, -0.25) is 4.79 Å². The van der Waals surface area contributed by atoms with Gasteiger partial charge in [0, 0.05) is 10.7 Å². The number of thiophene rings is 1. The van der Waals surface area contributed by atoms with Crippen LogP contribution in [0.25, 0.3) is 10.8 Å². The molecule has 0 unspecified atom stereocenters. The highest BCUT2D eigenvalue weighted by molar-refractivity contribution is 7.99.